The van der Waals surface area contributed by atoms with Crippen LogP contribution in [-0.2, 0) is 4.79 Å². The average molecular weight is 687 g/mol. The molecule has 0 aliphatic rings. The van der Waals surface area contributed by atoms with E-state index in [1.807, 2.05) is 117 Å². The van der Waals surface area contributed by atoms with E-state index in [9.17, 15) is 14.4 Å². The number of carboxylic acid groups (broad SMARTS) is 1. The largest absolute Gasteiger partial charge is 0.476 e. The summed E-state index contributed by atoms with van der Waals surface area (Å²) in [5, 5.41) is 16.1. The van der Waals surface area contributed by atoms with Gasteiger partial charge in [-0.3, -0.25) is 9.59 Å². The second kappa shape index (κ2) is 18.1. The van der Waals surface area contributed by atoms with E-state index < -0.39 is 17.8 Å². The Morgan fingerprint density at radius 3 is 1.94 bits per heavy atom. The minimum absolute atomic E-state index is 0.00931. The monoisotopic (exact) mass is 686 g/mol. The number of carbonyl (C=O) groups is 3. The highest BCUT2D eigenvalue weighted by molar-refractivity contribution is 8.01. The van der Waals surface area contributed by atoms with E-state index in [-0.39, 0.29) is 17.4 Å². The second-order valence-electron chi connectivity index (χ2n) is 10.7. The molecule has 0 fully saturated rings. The topological polar surface area (TPSA) is 112 Å². The molecule has 242 valence electrons. The zero-order valence-corrected chi connectivity index (χ0v) is 28.3. The third-order valence-electron chi connectivity index (χ3n) is 7.04. The van der Waals surface area contributed by atoms with Crippen LogP contribution in [0.5, 0.6) is 0 Å². The van der Waals surface area contributed by atoms with Gasteiger partial charge in [0.05, 0.1) is 11.8 Å². The molecule has 8 nitrogen and oxygen atoms in total. The number of halogens is 1. The molecule has 0 bridgehead atoms. The Balaban J connectivity index is 0.000000261. The maximum absolute atomic E-state index is 13.7. The third-order valence-corrected chi connectivity index (χ3v) is 9.17. The molecular formula is C36H35ClN4O4S2. The highest BCUT2D eigenvalue weighted by Crippen LogP contribution is 2.36. The Morgan fingerprint density at radius 2 is 1.38 bits per heavy atom. The van der Waals surface area contributed by atoms with Gasteiger partial charge in [-0.25, -0.2) is 4.79 Å². The summed E-state index contributed by atoms with van der Waals surface area (Å²) in [6.45, 7) is 1.46. The summed E-state index contributed by atoms with van der Waals surface area (Å²) in [5.74, 6) is -2.46. The molecule has 0 aliphatic heterocycles. The highest BCUT2D eigenvalue weighted by Gasteiger charge is 2.36. The van der Waals surface area contributed by atoms with Crippen LogP contribution in [-0.4, -0.2) is 64.4 Å². The van der Waals surface area contributed by atoms with Crippen LogP contribution in [0.15, 0.2) is 124 Å². The number of nitrogens with one attached hydrogen (secondary N) is 1. The van der Waals surface area contributed by atoms with Gasteiger partial charge in [0.25, 0.3) is 0 Å². The van der Waals surface area contributed by atoms with E-state index in [0.29, 0.717) is 21.3 Å². The van der Waals surface area contributed by atoms with Gasteiger partial charge in [0.15, 0.2) is 11.5 Å². The highest BCUT2D eigenvalue weighted by atomic mass is 35.5. The molecule has 47 heavy (non-hydrogen) atoms. The number of Topliss-reactive ketones (excluding diaryl/α,β-unsaturated/α-hetero) is 1. The lowest BCUT2D eigenvalue weighted by molar-refractivity contribution is -0.122. The summed E-state index contributed by atoms with van der Waals surface area (Å²) in [7, 11) is 4.02. The fraction of sp³-hybridized carbons (Fsp3) is 0.194. The first-order chi connectivity index (χ1) is 22.7. The Hall–Kier alpha value is -4.35. The first kappa shape index (κ1) is 35.5. The summed E-state index contributed by atoms with van der Waals surface area (Å²) < 4.78 is 4.19. The molecule has 0 aliphatic carbocycles. The second-order valence-corrected chi connectivity index (χ2v) is 13.3. The van der Waals surface area contributed by atoms with Crippen molar-refractivity contribution in [3.05, 3.63) is 143 Å². The van der Waals surface area contributed by atoms with Crippen molar-refractivity contribution in [3.8, 4) is 0 Å². The maximum Gasteiger partial charge on any atom is 0.358 e. The van der Waals surface area contributed by atoms with E-state index >= 15 is 0 Å². The number of amides is 1. The van der Waals surface area contributed by atoms with Gasteiger partial charge in [-0.05, 0) is 74.0 Å². The van der Waals surface area contributed by atoms with Gasteiger partial charge in [0.1, 0.15) is 4.21 Å². The molecular weight excluding hydrogens is 652 g/mol. The molecule has 1 heterocycles. The Labute approximate surface area is 288 Å². The number of rotatable bonds is 13. The van der Waals surface area contributed by atoms with Gasteiger partial charge >= 0.3 is 5.97 Å². The quantitative estimate of drug-likeness (QED) is 0.0965. The summed E-state index contributed by atoms with van der Waals surface area (Å²) in [6.07, 6.45) is 0.850. The lowest BCUT2D eigenvalue weighted by Crippen LogP contribution is -2.36. The van der Waals surface area contributed by atoms with Gasteiger partial charge in [0, 0.05) is 22.0 Å². The van der Waals surface area contributed by atoms with Crippen LogP contribution in [0.25, 0.3) is 0 Å². The number of aromatic nitrogens is 2. The SMILES string of the molecule is CN(C)CCCNC(=O)C(c1ccccc1)C(C(=O)c1ccccc1)c1ccccc1.O=C(O)c1nnsc1Sc1ccc(Cl)cc1. The maximum atomic E-state index is 13.7. The molecule has 2 unspecified atom stereocenters. The number of hydrogen-bond acceptors (Lipinski definition) is 8. The lowest BCUT2D eigenvalue weighted by Gasteiger charge is -2.27. The number of hydrogen-bond donors (Lipinski definition) is 2. The molecule has 0 radical (unpaired) electrons. The first-order valence-corrected chi connectivity index (χ1v) is 16.8. The number of benzene rings is 4. The van der Waals surface area contributed by atoms with Gasteiger partial charge in [-0.15, -0.1) is 5.10 Å². The molecule has 1 aromatic heterocycles. The van der Waals surface area contributed by atoms with Gasteiger partial charge in [0.2, 0.25) is 5.91 Å². The van der Waals surface area contributed by atoms with E-state index in [1.165, 1.54) is 11.8 Å². The third kappa shape index (κ3) is 10.6. The molecule has 5 aromatic rings. The zero-order chi connectivity index (χ0) is 33.6. The van der Waals surface area contributed by atoms with E-state index in [1.54, 1.807) is 12.1 Å². The minimum Gasteiger partial charge on any atom is -0.476 e. The standard InChI is InChI=1S/C27H30N2O2.C9H5ClN2O2S2/c1-29(2)20-12-19-28-27(31)25(22-15-8-4-9-16-22)24(21-13-6-3-7-14-21)26(30)23-17-10-5-11-18-23;10-5-1-3-6(4-2-5)15-9-7(8(13)14)11-12-16-9/h3-11,13-18,24-25H,12,19-20H2,1-2H3,(H,28,31);1-4H,(H,13,14). The number of aromatic carboxylic acids is 1. The summed E-state index contributed by atoms with van der Waals surface area (Å²) in [5.41, 5.74) is 2.28. The number of carboxylic acids is 1. The van der Waals surface area contributed by atoms with Crippen molar-refractivity contribution < 1.29 is 19.5 Å². The van der Waals surface area contributed by atoms with E-state index in [2.05, 4.69) is 19.8 Å². The normalized spacial score (nSPS) is 12.0. The molecule has 2 N–H and O–H groups in total. The molecule has 1 amide bonds. The van der Waals surface area contributed by atoms with Gasteiger partial charge in [-0.2, -0.15) is 0 Å². The van der Waals surface area contributed by atoms with Crippen LogP contribution in [0.3, 0.4) is 0 Å². The van der Waals surface area contributed by atoms with Gasteiger partial charge < -0.3 is 15.3 Å². The molecule has 4 aromatic carbocycles. The fourth-order valence-electron chi connectivity index (χ4n) is 4.80. The molecule has 0 saturated carbocycles. The fourth-order valence-corrected chi connectivity index (χ4v) is 6.59. The van der Waals surface area contributed by atoms with Crippen LogP contribution in [0.1, 0.15) is 50.2 Å². The van der Waals surface area contributed by atoms with Crippen LogP contribution in [0, 0.1) is 0 Å². The Kier molecular flexibility index (Phi) is 13.7. The number of ketones is 1. The Bertz CT molecular complexity index is 1720. The van der Waals surface area contributed by atoms with Crippen molar-refractivity contribution in [3.63, 3.8) is 0 Å². The average Bonchev–Trinajstić information content (AvgIpc) is 3.56. The predicted molar refractivity (Wildman–Crippen MR) is 188 cm³/mol. The first-order valence-electron chi connectivity index (χ1n) is 14.8. The molecule has 0 saturated heterocycles. The van der Waals surface area contributed by atoms with Crippen molar-refractivity contribution in [2.24, 2.45) is 0 Å². The number of carbonyl (C=O) groups excluding carboxylic acids is 2. The molecule has 5 rings (SSSR count). The van der Waals surface area contributed by atoms with Crippen LogP contribution in [0.2, 0.25) is 5.02 Å². The number of nitrogens with zero attached hydrogens (tertiary/aromatic N) is 3. The summed E-state index contributed by atoms with van der Waals surface area (Å²) >= 11 is 8.13. The Morgan fingerprint density at radius 1 is 0.830 bits per heavy atom. The molecule has 11 heteroatoms. The predicted octanol–water partition coefficient (Wildman–Crippen LogP) is 7.55. The minimum atomic E-state index is -1.06. The van der Waals surface area contributed by atoms with Crippen molar-refractivity contribution in [2.75, 3.05) is 27.2 Å². The lowest BCUT2D eigenvalue weighted by atomic mass is 9.76. The van der Waals surface area contributed by atoms with E-state index in [4.69, 9.17) is 16.7 Å². The van der Waals surface area contributed by atoms with Crippen LogP contribution < -0.4 is 5.32 Å². The molecule has 0 spiro atoms. The van der Waals surface area contributed by atoms with Crippen molar-refractivity contribution in [1.29, 1.82) is 0 Å². The zero-order valence-electron chi connectivity index (χ0n) is 26.0. The van der Waals surface area contributed by atoms with Crippen molar-refractivity contribution >= 4 is 52.6 Å². The van der Waals surface area contributed by atoms with Crippen molar-refractivity contribution in [2.45, 2.75) is 27.4 Å². The van der Waals surface area contributed by atoms with Crippen LogP contribution >= 0.6 is 34.9 Å². The van der Waals surface area contributed by atoms with Gasteiger partial charge in [-0.1, -0.05) is 119 Å². The van der Waals surface area contributed by atoms with Crippen molar-refractivity contribution in [1.82, 2.24) is 19.8 Å². The van der Waals surface area contributed by atoms with E-state index in [0.717, 1.165) is 40.5 Å². The molecule has 2 atom stereocenters. The van der Waals surface area contributed by atoms with Crippen LogP contribution in [0.4, 0.5) is 0 Å². The summed E-state index contributed by atoms with van der Waals surface area (Å²) in [4.78, 5) is 40.9. The smallest absolute Gasteiger partial charge is 0.358 e. The summed E-state index contributed by atoms with van der Waals surface area (Å²) in [6, 6.07) is 35.6.